The summed E-state index contributed by atoms with van der Waals surface area (Å²) in [6.45, 7) is 3.05. The van der Waals surface area contributed by atoms with Crippen LogP contribution in [0.1, 0.15) is 16.1 Å². The van der Waals surface area contributed by atoms with Gasteiger partial charge in [-0.25, -0.2) is 0 Å². The van der Waals surface area contributed by atoms with Gasteiger partial charge in [-0.2, -0.15) is 0 Å². The summed E-state index contributed by atoms with van der Waals surface area (Å²) in [5.74, 6) is -0.0524. The average Bonchev–Trinajstić information content (AvgIpc) is 2.61. The Balaban J connectivity index is 1.64. The summed E-state index contributed by atoms with van der Waals surface area (Å²) in [6, 6.07) is 11.3. The molecule has 1 saturated heterocycles. The van der Waals surface area contributed by atoms with Crippen molar-refractivity contribution in [2.45, 2.75) is 6.54 Å². The number of carbonyl (C=O) groups excluding carboxylic acids is 1. The van der Waals surface area contributed by atoms with E-state index in [1.807, 2.05) is 30.3 Å². The lowest BCUT2D eigenvalue weighted by molar-refractivity contribution is 0.0299. The number of pyridine rings is 1. The molecule has 0 radical (unpaired) electrons. The number of nitrogens with one attached hydrogen (secondary N) is 1. The van der Waals surface area contributed by atoms with Gasteiger partial charge in [-0.05, 0) is 29.8 Å². The normalized spacial score (nSPS) is 14.6. The van der Waals surface area contributed by atoms with Crippen LogP contribution in [0.5, 0.6) is 0 Å². The van der Waals surface area contributed by atoms with Gasteiger partial charge in [0.2, 0.25) is 0 Å². The van der Waals surface area contributed by atoms with Crippen LogP contribution >= 0.6 is 11.6 Å². The van der Waals surface area contributed by atoms with Gasteiger partial charge in [0, 0.05) is 36.5 Å². The van der Waals surface area contributed by atoms with Gasteiger partial charge in [0.05, 0.1) is 13.2 Å². The molecule has 2 heterocycles. The van der Waals surface area contributed by atoms with Gasteiger partial charge in [0.1, 0.15) is 5.69 Å². The molecule has 0 unspecified atom stereocenters. The predicted molar refractivity (Wildman–Crippen MR) is 89.7 cm³/mol. The van der Waals surface area contributed by atoms with E-state index in [0.29, 0.717) is 38.5 Å². The molecule has 0 aliphatic carbocycles. The molecule has 1 aromatic heterocycles. The maximum atomic E-state index is 12.4. The number of halogens is 1. The molecular formula is C17H18ClN3O2. The summed E-state index contributed by atoms with van der Waals surface area (Å²) in [6.07, 6.45) is 1.65. The second-order valence-electron chi connectivity index (χ2n) is 5.31. The zero-order valence-corrected chi connectivity index (χ0v) is 13.4. The molecule has 120 valence electrons. The van der Waals surface area contributed by atoms with E-state index in [9.17, 15) is 4.79 Å². The van der Waals surface area contributed by atoms with Crippen LogP contribution < -0.4 is 5.32 Å². The van der Waals surface area contributed by atoms with E-state index in [0.717, 1.165) is 16.3 Å². The summed E-state index contributed by atoms with van der Waals surface area (Å²) in [4.78, 5) is 18.4. The van der Waals surface area contributed by atoms with Gasteiger partial charge in [0.25, 0.3) is 5.91 Å². The van der Waals surface area contributed by atoms with E-state index in [2.05, 4.69) is 10.3 Å². The lowest BCUT2D eigenvalue weighted by Crippen LogP contribution is -2.41. The highest BCUT2D eigenvalue weighted by molar-refractivity contribution is 6.30. The molecule has 0 bridgehead atoms. The Labute approximate surface area is 140 Å². The van der Waals surface area contributed by atoms with Gasteiger partial charge in [-0.1, -0.05) is 23.7 Å². The van der Waals surface area contributed by atoms with Gasteiger partial charge in [0.15, 0.2) is 0 Å². The highest BCUT2D eigenvalue weighted by Gasteiger charge is 2.19. The van der Waals surface area contributed by atoms with Crippen molar-refractivity contribution in [3.05, 3.63) is 58.9 Å². The molecule has 0 atom stereocenters. The summed E-state index contributed by atoms with van der Waals surface area (Å²) < 4.78 is 5.27. The molecule has 0 saturated carbocycles. The third kappa shape index (κ3) is 4.21. The van der Waals surface area contributed by atoms with Crippen LogP contribution in [0.25, 0.3) is 0 Å². The molecule has 3 rings (SSSR count). The van der Waals surface area contributed by atoms with E-state index in [4.69, 9.17) is 16.3 Å². The first-order valence-corrected chi connectivity index (χ1v) is 7.91. The summed E-state index contributed by atoms with van der Waals surface area (Å²) >= 11 is 5.88. The maximum absolute atomic E-state index is 12.4. The minimum atomic E-state index is -0.0524. The third-order valence-electron chi connectivity index (χ3n) is 3.69. The number of benzene rings is 1. The first-order chi connectivity index (χ1) is 11.2. The summed E-state index contributed by atoms with van der Waals surface area (Å²) in [5.41, 5.74) is 2.44. The van der Waals surface area contributed by atoms with E-state index < -0.39 is 0 Å². The number of anilines is 1. The number of rotatable bonds is 4. The second kappa shape index (κ2) is 7.44. The molecule has 23 heavy (non-hydrogen) atoms. The Morgan fingerprint density at radius 1 is 1.22 bits per heavy atom. The SMILES string of the molecule is O=C(c1cc(NCc2ccc(Cl)cc2)ccn1)N1CCOCC1. The fraction of sp³-hybridized carbons (Fsp3) is 0.294. The van der Waals surface area contributed by atoms with Gasteiger partial charge in [-0.15, -0.1) is 0 Å². The average molecular weight is 332 g/mol. The van der Waals surface area contributed by atoms with Crippen LogP contribution in [-0.4, -0.2) is 42.1 Å². The Hall–Kier alpha value is -2.11. The molecule has 1 fully saturated rings. The molecule has 0 spiro atoms. The number of ether oxygens (including phenoxy) is 1. The zero-order chi connectivity index (χ0) is 16.1. The molecule has 1 aromatic carbocycles. The number of morpholine rings is 1. The van der Waals surface area contributed by atoms with E-state index in [1.54, 1.807) is 17.2 Å². The van der Waals surface area contributed by atoms with Crippen LogP contribution in [-0.2, 0) is 11.3 Å². The highest BCUT2D eigenvalue weighted by Crippen LogP contribution is 2.14. The lowest BCUT2D eigenvalue weighted by atomic mass is 10.2. The molecule has 1 aliphatic rings. The predicted octanol–water partition coefficient (Wildman–Crippen LogP) is 2.82. The molecule has 2 aromatic rings. The van der Waals surface area contributed by atoms with Crippen molar-refractivity contribution in [1.29, 1.82) is 0 Å². The van der Waals surface area contributed by atoms with E-state index in [1.165, 1.54) is 0 Å². The molecule has 1 amide bonds. The Morgan fingerprint density at radius 2 is 1.96 bits per heavy atom. The summed E-state index contributed by atoms with van der Waals surface area (Å²) in [7, 11) is 0. The van der Waals surface area contributed by atoms with Gasteiger partial charge < -0.3 is 15.0 Å². The Morgan fingerprint density at radius 3 is 2.70 bits per heavy atom. The number of carbonyl (C=O) groups is 1. The number of nitrogens with zero attached hydrogens (tertiary/aromatic N) is 2. The Bertz CT molecular complexity index is 670. The smallest absolute Gasteiger partial charge is 0.272 e. The van der Waals surface area contributed by atoms with Gasteiger partial charge in [-0.3, -0.25) is 9.78 Å². The number of hydrogen-bond donors (Lipinski definition) is 1. The second-order valence-corrected chi connectivity index (χ2v) is 5.75. The van der Waals surface area contributed by atoms with Crippen molar-refractivity contribution in [2.24, 2.45) is 0 Å². The number of hydrogen-bond acceptors (Lipinski definition) is 4. The minimum absolute atomic E-state index is 0.0524. The highest BCUT2D eigenvalue weighted by atomic mass is 35.5. The van der Waals surface area contributed by atoms with Crippen LogP contribution in [0.3, 0.4) is 0 Å². The first kappa shape index (κ1) is 15.8. The van der Waals surface area contributed by atoms with Crippen molar-refractivity contribution in [2.75, 3.05) is 31.6 Å². The fourth-order valence-electron chi connectivity index (χ4n) is 2.39. The fourth-order valence-corrected chi connectivity index (χ4v) is 2.52. The molecule has 1 N–H and O–H groups in total. The summed E-state index contributed by atoms with van der Waals surface area (Å²) in [5, 5.41) is 4.02. The van der Waals surface area contributed by atoms with Crippen LogP contribution in [0.2, 0.25) is 5.02 Å². The molecule has 5 nitrogen and oxygen atoms in total. The van der Waals surface area contributed by atoms with Crippen molar-refractivity contribution in [3.8, 4) is 0 Å². The van der Waals surface area contributed by atoms with Crippen LogP contribution in [0, 0.1) is 0 Å². The number of aromatic nitrogens is 1. The molecule has 6 heteroatoms. The molecule has 1 aliphatic heterocycles. The monoisotopic (exact) mass is 331 g/mol. The first-order valence-electron chi connectivity index (χ1n) is 7.54. The largest absolute Gasteiger partial charge is 0.381 e. The Kier molecular flexibility index (Phi) is 5.10. The minimum Gasteiger partial charge on any atom is -0.381 e. The maximum Gasteiger partial charge on any atom is 0.272 e. The number of amides is 1. The van der Waals surface area contributed by atoms with Crippen molar-refractivity contribution in [3.63, 3.8) is 0 Å². The lowest BCUT2D eigenvalue weighted by Gasteiger charge is -2.26. The van der Waals surface area contributed by atoms with Crippen LogP contribution in [0.15, 0.2) is 42.6 Å². The quantitative estimate of drug-likeness (QED) is 0.936. The van der Waals surface area contributed by atoms with Crippen molar-refractivity contribution >= 4 is 23.2 Å². The van der Waals surface area contributed by atoms with E-state index in [-0.39, 0.29) is 5.91 Å². The standard InChI is InChI=1S/C17H18ClN3O2/c18-14-3-1-13(2-4-14)12-20-15-5-6-19-16(11-15)17(22)21-7-9-23-10-8-21/h1-6,11H,7-10,12H2,(H,19,20). The zero-order valence-electron chi connectivity index (χ0n) is 12.7. The van der Waals surface area contributed by atoms with Gasteiger partial charge >= 0.3 is 0 Å². The van der Waals surface area contributed by atoms with Crippen LogP contribution in [0.4, 0.5) is 5.69 Å². The topological polar surface area (TPSA) is 54.5 Å². The van der Waals surface area contributed by atoms with Crippen molar-refractivity contribution in [1.82, 2.24) is 9.88 Å². The third-order valence-corrected chi connectivity index (χ3v) is 3.94. The van der Waals surface area contributed by atoms with Crippen molar-refractivity contribution < 1.29 is 9.53 Å². The molecular weight excluding hydrogens is 314 g/mol. The van der Waals surface area contributed by atoms with E-state index >= 15 is 0 Å².